The Hall–Kier alpha value is -4.13. The molecule has 43 heavy (non-hydrogen) atoms. The normalized spacial score (nSPS) is 14.7. The molecule has 0 unspecified atom stereocenters. The van der Waals surface area contributed by atoms with Gasteiger partial charge in [-0.3, -0.25) is 9.36 Å². The van der Waals surface area contributed by atoms with E-state index in [2.05, 4.69) is 20.9 Å². The van der Waals surface area contributed by atoms with Crippen molar-refractivity contribution in [3.05, 3.63) is 99.8 Å². The first-order chi connectivity index (χ1) is 20.6. The number of ether oxygens (including phenoxy) is 3. The van der Waals surface area contributed by atoms with Crippen molar-refractivity contribution in [2.75, 3.05) is 20.8 Å². The lowest BCUT2D eigenvalue weighted by Gasteiger charge is -2.26. The van der Waals surface area contributed by atoms with Gasteiger partial charge in [-0.15, -0.1) is 0 Å². The molecule has 222 valence electrons. The van der Waals surface area contributed by atoms with Gasteiger partial charge in [0.05, 0.1) is 53.3 Å². The number of aromatic nitrogens is 1. The van der Waals surface area contributed by atoms with Crippen molar-refractivity contribution >= 4 is 56.9 Å². The number of carboxylic acids is 1. The van der Waals surface area contributed by atoms with Crippen LogP contribution in [-0.2, 0) is 9.53 Å². The van der Waals surface area contributed by atoms with Gasteiger partial charge in [-0.1, -0.05) is 38.9 Å². The summed E-state index contributed by atoms with van der Waals surface area (Å²) in [5.74, 6) is -0.120. The van der Waals surface area contributed by atoms with E-state index in [1.54, 1.807) is 50.3 Å². The number of halogens is 2. The van der Waals surface area contributed by atoms with Gasteiger partial charge in [0.15, 0.2) is 16.3 Å². The molecule has 0 amide bonds. The number of furan rings is 1. The quantitative estimate of drug-likeness (QED) is 0.251. The lowest BCUT2D eigenvalue weighted by Crippen LogP contribution is -2.40. The maximum Gasteiger partial charge on any atom is 0.338 e. The molecule has 0 spiro atoms. The summed E-state index contributed by atoms with van der Waals surface area (Å²) in [7, 11) is 3.01. The number of carbonyl (C=O) groups excluding carboxylic acids is 1. The number of fused-ring (bicyclic) bond motifs is 1. The van der Waals surface area contributed by atoms with Crippen LogP contribution < -0.4 is 24.4 Å². The summed E-state index contributed by atoms with van der Waals surface area (Å²) in [5, 5.41) is 9.52. The summed E-state index contributed by atoms with van der Waals surface area (Å²) in [6.45, 7) is 3.54. The number of benzene rings is 2. The molecule has 13 heteroatoms. The van der Waals surface area contributed by atoms with E-state index < -0.39 is 23.5 Å². The molecule has 0 fully saturated rings. The molecule has 3 heterocycles. The van der Waals surface area contributed by atoms with E-state index in [0.29, 0.717) is 53.6 Å². The minimum absolute atomic E-state index is 0.0560. The average Bonchev–Trinajstić information content (AvgIpc) is 3.56. The van der Waals surface area contributed by atoms with Crippen LogP contribution in [0.15, 0.2) is 72.4 Å². The number of hydrogen-bond donors (Lipinski definition) is 1. The Morgan fingerprint density at radius 2 is 1.88 bits per heavy atom. The van der Waals surface area contributed by atoms with Crippen LogP contribution in [0.4, 0.5) is 0 Å². The van der Waals surface area contributed by atoms with E-state index in [4.69, 9.17) is 30.2 Å². The van der Waals surface area contributed by atoms with Crippen molar-refractivity contribution in [2.24, 2.45) is 4.99 Å². The molecule has 0 aliphatic carbocycles. The molecule has 0 saturated carbocycles. The lowest BCUT2D eigenvalue weighted by molar-refractivity contribution is -0.139. The van der Waals surface area contributed by atoms with Gasteiger partial charge in [0.2, 0.25) is 0 Å². The van der Waals surface area contributed by atoms with E-state index in [-0.39, 0.29) is 22.8 Å². The van der Waals surface area contributed by atoms with Gasteiger partial charge in [-0.2, -0.15) is 0 Å². The van der Waals surface area contributed by atoms with Crippen molar-refractivity contribution < 1.29 is 33.3 Å². The largest absolute Gasteiger partial charge is 0.493 e. The molecule has 1 aliphatic heterocycles. The minimum atomic E-state index is -1.16. The fraction of sp³-hybridized carbons (Fsp3) is 0.200. The van der Waals surface area contributed by atoms with Gasteiger partial charge < -0.3 is 23.7 Å². The molecule has 1 atom stereocenters. The molecule has 1 N–H and O–H groups in total. The van der Waals surface area contributed by atoms with E-state index in [1.165, 1.54) is 30.9 Å². The summed E-state index contributed by atoms with van der Waals surface area (Å²) < 4.78 is 24.6. The van der Waals surface area contributed by atoms with Crippen LogP contribution in [0.3, 0.4) is 0 Å². The second kappa shape index (κ2) is 12.2. The fourth-order valence-corrected chi connectivity index (χ4v) is 6.49. The third-order valence-corrected chi connectivity index (χ3v) is 8.70. The van der Waals surface area contributed by atoms with Gasteiger partial charge in [-0.25, -0.2) is 14.6 Å². The molecule has 0 saturated heterocycles. The highest BCUT2D eigenvalue weighted by Crippen LogP contribution is 2.40. The predicted octanol–water partition coefficient (Wildman–Crippen LogP) is 5.19. The van der Waals surface area contributed by atoms with Crippen LogP contribution in [0.2, 0.25) is 5.02 Å². The minimum Gasteiger partial charge on any atom is -0.493 e. The Bertz CT molecular complexity index is 1990. The van der Waals surface area contributed by atoms with Crippen molar-refractivity contribution in [2.45, 2.75) is 19.9 Å². The second-order valence-corrected chi connectivity index (χ2v) is 11.5. The molecule has 10 nitrogen and oxygen atoms in total. The van der Waals surface area contributed by atoms with Crippen molar-refractivity contribution in [1.29, 1.82) is 0 Å². The highest BCUT2D eigenvalue weighted by Gasteiger charge is 2.35. The predicted molar refractivity (Wildman–Crippen MR) is 164 cm³/mol. The van der Waals surface area contributed by atoms with E-state index in [9.17, 15) is 19.5 Å². The third-order valence-electron chi connectivity index (χ3n) is 6.70. The van der Waals surface area contributed by atoms with Crippen LogP contribution in [0.1, 0.15) is 41.6 Å². The number of rotatable bonds is 8. The van der Waals surface area contributed by atoms with Crippen molar-refractivity contribution in [3.63, 3.8) is 0 Å². The summed E-state index contributed by atoms with van der Waals surface area (Å²) in [6.07, 6.45) is 1.57. The maximum atomic E-state index is 14.0. The van der Waals surface area contributed by atoms with Crippen LogP contribution >= 0.6 is 38.9 Å². The fourth-order valence-electron chi connectivity index (χ4n) is 4.72. The zero-order valence-electron chi connectivity index (χ0n) is 23.3. The standard InChI is InChI=1S/C30H24BrClN2O8S/c1-5-41-29(38)25-14(2)33-30-34(26(25)17-12-22(39-3)23(40-4)13-19(17)31)27(35)24(43-30)11-16-7-9-21(42-16)15-6-8-20(32)18(10-15)28(36)37/h6-13,26H,5H2,1-4H3,(H,36,37)/b24-11+/t26-/m1/s1. The van der Waals surface area contributed by atoms with Crippen LogP contribution in [0.25, 0.3) is 17.4 Å². The number of aromatic carboxylic acids is 1. The van der Waals surface area contributed by atoms with Crippen LogP contribution in [0, 0.1) is 0 Å². The number of methoxy groups -OCH3 is 2. The number of allylic oxidation sites excluding steroid dienone is 1. The van der Waals surface area contributed by atoms with Crippen LogP contribution in [-0.4, -0.2) is 42.4 Å². The Balaban J connectivity index is 1.66. The van der Waals surface area contributed by atoms with E-state index >= 15 is 0 Å². The SMILES string of the molecule is CCOC(=O)C1=C(C)N=c2s/c(=C/c3ccc(-c4ccc(Cl)c(C(=O)O)c4)o3)c(=O)n2[C@@H]1c1cc(OC)c(OC)cc1Br. The number of carboxylic acid groups (broad SMARTS) is 1. The van der Waals surface area contributed by atoms with Gasteiger partial charge in [-0.05, 0) is 61.9 Å². The number of nitrogens with zero attached hydrogens (tertiary/aromatic N) is 2. The van der Waals surface area contributed by atoms with Gasteiger partial charge in [0, 0.05) is 16.1 Å². The first kappa shape index (κ1) is 30.3. The molecular formula is C30H24BrClN2O8S. The second-order valence-electron chi connectivity index (χ2n) is 9.23. The van der Waals surface area contributed by atoms with Gasteiger partial charge in [0.1, 0.15) is 11.5 Å². The summed E-state index contributed by atoms with van der Waals surface area (Å²) in [5.41, 5.74) is 1.25. The first-order valence-electron chi connectivity index (χ1n) is 12.8. The molecule has 4 aromatic rings. The number of hydrogen-bond acceptors (Lipinski definition) is 9. The molecule has 2 aromatic carbocycles. The van der Waals surface area contributed by atoms with E-state index in [0.717, 1.165) is 11.3 Å². The highest BCUT2D eigenvalue weighted by atomic mass is 79.9. The monoisotopic (exact) mass is 686 g/mol. The van der Waals surface area contributed by atoms with Crippen molar-refractivity contribution in [3.8, 4) is 22.8 Å². The lowest BCUT2D eigenvalue weighted by atomic mass is 9.95. The molecule has 5 rings (SSSR count). The highest BCUT2D eigenvalue weighted by molar-refractivity contribution is 9.10. The first-order valence-corrected chi connectivity index (χ1v) is 14.8. The molecule has 2 aromatic heterocycles. The third kappa shape index (κ3) is 5.65. The smallest absolute Gasteiger partial charge is 0.338 e. The van der Waals surface area contributed by atoms with Crippen LogP contribution in [0.5, 0.6) is 11.5 Å². The summed E-state index contributed by atoms with van der Waals surface area (Å²) in [4.78, 5) is 43.7. The van der Waals surface area contributed by atoms with Gasteiger partial charge >= 0.3 is 11.9 Å². The Labute approximate surface area is 262 Å². The summed E-state index contributed by atoms with van der Waals surface area (Å²) >= 11 is 10.7. The molecule has 0 radical (unpaired) electrons. The van der Waals surface area contributed by atoms with Gasteiger partial charge in [0.25, 0.3) is 5.56 Å². The van der Waals surface area contributed by atoms with Crippen molar-refractivity contribution in [1.82, 2.24) is 4.57 Å². The maximum absolute atomic E-state index is 14.0. The Morgan fingerprint density at radius 3 is 2.56 bits per heavy atom. The molecule has 1 aliphatic rings. The van der Waals surface area contributed by atoms with E-state index in [1.807, 2.05) is 0 Å². The Kier molecular flexibility index (Phi) is 8.63. The topological polar surface area (TPSA) is 130 Å². The summed E-state index contributed by atoms with van der Waals surface area (Å²) in [6, 6.07) is 10.4. The molecular weight excluding hydrogens is 664 g/mol. The number of carbonyl (C=O) groups is 2. The molecule has 0 bridgehead atoms. The zero-order valence-corrected chi connectivity index (χ0v) is 26.4. The number of esters is 1. The average molecular weight is 688 g/mol. The Morgan fingerprint density at radius 1 is 1.16 bits per heavy atom. The number of thiazole rings is 1. The zero-order chi connectivity index (χ0) is 31.0.